The van der Waals surface area contributed by atoms with Gasteiger partial charge in [-0.2, -0.15) is 14.6 Å². The van der Waals surface area contributed by atoms with E-state index in [0.717, 1.165) is 5.56 Å². The van der Waals surface area contributed by atoms with Gasteiger partial charge < -0.3 is 29.4 Å². The summed E-state index contributed by atoms with van der Waals surface area (Å²) in [6, 6.07) is 17.8. The van der Waals surface area contributed by atoms with Crippen LogP contribution < -0.4 is 15.4 Å². The molecule has 0 radical (unpaired) electrons. The number of hydrogen-bond donors (Lipinski definition) is 1. The lowest BCUT2D eigenvalue weighted by Crippen LogP contribution is -2.56. The summed E-state index contributed by atoms with van der Waals surface area (Å²) >= 11 is 0. The molecule has 0 aliphatic carbocycles. The van der Waals surface area contributed by atoms with Gasteiger partial charge >= 0.3 is 0 Å². The highest BCUT2D eigenvalue weighted by molar-refractivity contribution is 5.94. The molecule has 0 unspecified atom stereocenters. The van der Waals surface area contributed by atoms with Crippen molar-refractivity contribution in [1.82, 2.24) is 34.3 Å². The molecule has 13 nitrogen and oxygen atoms in total. The molecular formula is C32H32FN9O4. The minimum atomic E-state index is -1.29. The lowest BCUT2D eigenvalue weighted by atomic mass is 9.90. The third kappa shape index (κ3) is 4.96. The van der Waals surface area contributed by atoms with Gasteiger partial charge in [0, 0.05) is 39.4 Å². The van der Waals surface area contributed by atoms with Gasteiger partial charge in [-0.15, -0.1) is 5.10 Å². The number of amides is 1. The first-order chi connectivity index (χ1) is 22.4. The van der Waals surface area contributed by atoms with Gasteiger partial charge in [-0.3, -0.25) is 4.79 Å². The van der Waals surface area contributed by atoms with Gasteiger partial charge in [-0.1, -0.05) is 30.3 Å². The molecule has 1 saturated heterocycles. The Labute approximate surface area is 262 Å². The van der Waals surface area contributed by atoms with Crippen molar-refractivity contribution in [2.24, 2.45) is 0 Å². The van der Waals surface area contributed by atoms with Crippen molar-refractivity contribution in [1.29, 1.82) is 0 Å². The van der Waals surface area contributed by atoms with Crippen molar-refractivity contribution in [3.8, 4) is 17.3 Å². The van der Waals surface area contributed by atoms with Gasteiger partial charge in [0.2, 0.25) is 11.8 Å². The van der Waals surface area contributed by atoms with Gasteiger partial charge in [-0.25, -0.2) is 14.1 Å². The van der Waals surface area contributed by atoms with Crippen LogP contribution >= 0.6 is 0 Å². The minimum absolute atomic E-state index is 0.0863. The van der Waals surface area contributed by atoms with Crippen molar-refractivity contribution in [3.63, 3.8) is 0 Å². The van der Waals surface area contributed by atoms with E-state index in [1.807, 2.05) is 42.2 Å². The molecule has 2 aromatic carbocycles. The number of nitrogens with two attached hydrogens (primary N) is 1. The Morgan fingerprint density at radius 1 is 1.02 bits per heavy atom. The van der Waals surface area contributed by atoms with E-state index in [0.29, 0.717) is 79.1 Å². The summed E-state index contributed by atoms with van der Waals surface area (Å²) < 4.78 is 34.1. The van der Waals surface area contributed by atoms with Crippen LogP contribution in [0.4, 0.5) is 16.0 Å². The smallest absolute Gasteiger partial charge is 0.255 e. The summed E-state index contributed by atoms with van der Waals surface area (Å²) in [5, 5.41) is 9.74. The molecule has 1 atom stereocenters. The number of carbonyl (C=O) groups is 1. The van der Waals surface area contributed by atoms with Crippen LogP contribution in [0.1, 0.15) is 12.5 Å². The number of nitrogen functional groups attached to an aromatic ring is 1. The zero-order valence-electron chi connectivity index (χ0n) is 25.3. The van der Waals surface area contributed by atoms with Crippen LogP contribution in [0, 0.1) is 5.82 Å². The van der Waals surface area contributed by atoms with Crippen LogP contribution in [0.5, 0.6) is 5.75 Å². The molecule has 14 heteroatoms. The van der Waals surface area contributed by atoms with Crippen LogP contribution in [0.3, 0.4) is 0 Å². The first kappa shape index (κ1) is 29.2. The molecule has 1 aliphatic rings. The number of aromatic nitrogens is 6. The van der Waals surface area contributed by atoms with Crippen molar-refractivity contribution in [2.75, 3.05) is 57.1 Å². The third-order valence-corrected chi connectivity index (χ3v) is 8.33. The molecule has 46 heavy (non-hydrogen) atoms. The number of halogens is 1. The number of rotatable bonds is 9. The maximum absolute atomic E-state index is 15.1. The Bertz CT molecular complexity index is 2000. The van der Waals surface area contributed by atoms with Crippen molar-refractivity contribution < 1.29 is 23.1 Å². The first-order valence-electron chi connectivity index (χ1n) is 14.8. The number of hydrogen-bond acceptors (Lipinski definition) is 10. The molecule has 5 heterocycles. The summed E-state index contributed by atoms with van der Waals surface area (Å²) in [6.07, 6.45) is 3.16. The molecule has 4 aromatic heterocycles. The normalized spacial score (nSPS) is 15.0. The summed E-state index contributed by atoms with van der Waals surface area (Å²) in [7, 11) is 1.58. The zero-order chi connectivity index (χ0) is 31.8. The number of ether oxygens (including phenoxy) is 2. The fraction of sp³-hybridized carbons (Fsp3) is 0.281. The van der Waals surface area contributed by atoms with Crippen molar-refractivity contribution in [3.05, 3.63) is 84.5 Å². The standard InChI is InChI=1S/C32H32FN9O4/c1-32(21-7-4-3-5-8-21,30(43)40-14-12-39(13-15-40)25-11-10-22(19-24(25)33)45-18-17-44-2)42-29-23(20-35-42)28-36-27(26-9-6-16-46-26)38-41(28)31(34)37-29/h3-11,16,19-20H,12-15,17-18H2,1-2H3,(H2,34,37)/t32-/m1/s1. The van der Waals surface area contributed by atoms with Crippen LogP contribution in [0.2, 0.25) is 0 Å². The van der Waals surface area contributed by atoms with Gasteiger partial charge in [0.1, 0.15) is 18.2 Å². The number of piperazine rings is 1. The highest BCUT2D eigenvalue weighted by Crippen LogP contribution is 2.34. The molecule has 0 bridgehead atoms. The van der Waals surface area contributed by atoms with Crippen LogP contribution in [0.25, 0.3) is 28.3 Å². The molecule has 0 spiro atoms. The molecule has 7 rings (SSSR count). The Kier molecular flexibility index (Phi) is 7.48. The largest absolute Gasteiger partial charge is 0.491 e. The van der Waals surface area contributed by atoms with Gasteiger partial charge in [0.15, 0.2) is 22.6 Å². The Morgan fingerprint density at radius 2 is 1.83 bits per heavy atom. The number of methoxy groups -OCH3 is 1. The van der Waals surface area contributed by atoms with E-state index in [9.17, 15) is 4.79 Å². The first-order valence-corrected chi connectivity index (χ1v) is 14.8. The minimum Gasteiger partial charge on any atom is -0.491 e. The maximum Gasteiger partial charge on any atom is 0.255 e. The quantitative estimate of drug-likeness (QED) is 0.237. The van der Waals surface area contributed by atoms with Crippen LogP contribution in [-0.4, -0.2) is 86.7 Å². The second-order valence-corrected chi connectivity index (χ2v) is 11.1. The Balaban J connectivity index is 1.20. The monoisotopic (exact) mass is 625 g/mol. The number of carbonyl (C=O) groups excluding carboxylic acids is 1. The second-order valence-electron chi connectivity index (χ2n) is 11.1. The van der Waals surface area contributed by atoms with Gasteiger partial charge in [0.05, 0.1) is 30.1 Å². The lowest BCUT2D eigenvalue weighted by Gasteiger charge is -2.41. The fourth-order valence-corrected chi connectivity index (χ4v) is 5.88. The van der Waals surface area contributed by atoms with Crippen molar-refractivity contribution >= 4 is 34.2 Å². The van der Waals surface area contributed by atoms with E-state index in [1.54, 1.807) is 53.4 Å². The fourth-order valence-electron chi connectivity index (χ4n) is 5.88. The Morgan fingerprint density at radius 3 is 2.54 bits per heavy atom. The number of anilines is 2. The van der Waals surface area contributed by atoms with Gasteiger partial charge in [-0.05, 0) is 36.8 Å². The molecule has 0 saturated carbocycles. The highest BCUT2D eigenvalue weighted by atomic mass is 19.1. The predicted molar refractivity (Wildman–Crippen MR) is 168 cm³/mol. The SMILES string of the molecule is COCCOc1ccc(N2CCN(C(=O)[C@@](C)(c3ccccc3)n3ncc4c3nc(N)n3nc(-c5ccco5)nc43)CC2)c(F)c1. The summed E-state index contributed by atoms with van der Waals surface area (Å²) in [5.74, 6) is 0.797. The van der Waals surface area contributed by atoms with E-state index >= 15 is 4.39 Å². The second kappa shape index (κ2) is 11.8. The molecule has 2 N–H and O–H groups in total. The highest BCUT2D eigenvalue weighted by Gasteiger charge is 2.43. The predicted octanol–water partition coefficient (Wildman–Crippen LogP) is 3.59. The number of fused-ring (bicyclic) bond motifs is 3. The van der Waals surface area contributed by atoms with E-state index in [-0.39, 0.29) is 17.7 Å². The lowest BCUT2D eigenvalue weighted by molar-refractivity contribution is -0.138. The van der Waals surface area contributed by atoms with Crippen molar-refractivity contribution in [2.45, 2.75) is 12.5 Å². The topological polar surface area (TPSA) is 142 Å². The number of furan rings is 1. The van der Waals surface area contributed by atoms with Crippen LogP contribution in [0.15, 0.2) is 77.5 Å². The third-order valence-electron chi connectivity index (χ3n) is 8.33. The molecule has 1 amide bonds. The van der Waals surface area contributed by atoms with E-state index in [1.165, 1.54) is 10.6 Å². The van der Waals surface area contributed by atoms with Gasteiger partial charge in [0.25, 0.3) is 5.91 Å². The van der Waals surface area contributed by atoms with E-state index in [4.69, 9.17) is 24.7 Å². The number of benzene rings is 2. The average Bonchev–Trinajstić information content (AvgIpc) is 3.85. The summed E-state index contributed by atoms with van der Waals surface area (Å²) in [6.45, 7) is 4.21. The zero-order valence-corrected chi connectivity index (χ0v) is 25.3. The maximum atomic E-state index is 15.1. The van der Waals surface area contributed by atoms with E-state index < -0.39 is 5.54 Å². The molecule has 1 fully saturated rings. The summed E-state index contributed by atoms with van der Waals surface area (Å²) in [5.41, 5.74) is 7.09. The molecule has 6 aromatic rings. The van der Waals surface area contributed by atoms with E-state index in [2.05, 4.69) is 15.1 Å². The molecule has 236 valence electrons. The average molecular weight is 626 g/mol. The molecule has 1 aliphatic heterocycles. The van der Waals surface area contributed by atoms with Crippen LogP contribution in [-0.2, 0) is 15.1 Å². The summed E-state index contributed by atoms with van der Waals surface area (Å²) in [4.78, 5) is 27.6. The molecular weight excluding hydrogens is 593 g/mol. The Hall–Kier alpha value is -5.50. The number of nitrogens with zero attached hydrogens (tertiary/aromatic N) is 8.